The van der Waals surface area contributed by atoms with Crippen LogP contribution in [0.15, 0.2) is 48.5 Å². The molecule has 1 aliphatic heterocycles. The van der Waals surface area contributed by atoms with Gasteiger partial charge in [0.2, 0.25) is 11.8 Å². The number of fused-ring (bicyclic) bond motifs is 1. The van der Waals surface area contributed by atoms with Crippen LogP contribution in [0.3, 0.4) is 0 Å². The Morgan fingerprint density at radius 3 is 2.73 bits per heavy atom. The third-order valence-corrected chi connectivity index (χ3v) is 6.32. The normalized spacial score (nSPS) is 16.0. The van der Waals surface area contributed by atoms with Crippen LogP contribution in [-0.4, -0.2) is 34.8 Å². The summed E-state index contributed by atoms with van der Waals surface area (Å²) >= 11 is 1.65. The van der Waals surface area contributed by atoms with Crippen LogP contribution in [0.2, 0.25) is 0 Å². The molecule has 4 rings (SSSR count). The number of rotatable bonds is 7. The van der Waals surface area contributed by atoms with Crippen molar-refractivity contribution < 1.29 is 14.3 Å². The maximum absolute atomic E-state index is 12.8. The molecule has 6 nitrogen and oxygen atoms in total. The molecule has 0 spiro atoms. The van der Waals surface area contributed by atoms with Gasteiger partial charge < -0.3 is 15.0 Å². The lowest BCUT2D eigenvalue weighted by Crippen LogP contribution is -2.31. The first-order valence-corrected chi connectivity index (χ1v) is 11.1. The number of carbonyl (C=O) groups excluding carboxylic acids is 2. The minimum atomic E-state index is -0.164. The topological polar surface area (TPSA) is 71.5 Å². The Kier molecular flexibility index (Phi) is 6.28. The highest BCUT2D eigenvalue weighted by Crippen LogP contribution is 2.36. The average Bonchev–Trinajstić information content (AvgIpc) is 3.40. The fourth-order valence-corrected chi connectivity index (χ4v) is 4.86. The van der Waals surface area contributed by atoms with E-state index in [1.807, 2.05) is 42.2 Å². The summed E-state index contributed by atoms with van der Waals surface area (Å²) in [6.07, 6.45) is 2.24. The van der Waals surface area contributed by atoms with E-state index in [2.05, 4.69) is 11.4 Å². The highest BCUT2D eigenvalue weighted by molar-refractivity contribution is 7.18. The molecule has 0 saturated carbocycles. The molecule has 2 heterocycles. The monoisotopic (exact) mass is 423 g/mol. The molecule has 1 N–H and O–H groups in total. The highest BCUT2D eigenvalue weighted by Gasteiger charge is 2.32. The molecule has 3 aromatic rings. The zero-order chi connectivity index (χ0) is 20.9. The van der Waals surface area contributed by atoms with Gasteiger partial charge in [0.15, 0.2) is 0 Å². The molecule has 2 aromatic carbocycles. The maximum atomic E-state index is 12.8. The van der Waals surface area contributed by atoms with Gasteiger partial charge in [0.05, 0.1) is 22.9 Å². The predicted octanol–water partition coefficient (Wildman–Crippen LogP) is 4.78. The van der Waals surface area contributed by atoms with E-state index >= 15 is 0 Å². The largest absolute Gasteiger partial charge is 0.494 e. The first-order valence-electron chi connectivity index (χ1n) is 10.3. The zero-order valence-corrected chi connectivity index (χ0v) is 17.8. The molecule has 0 unspecified atom stereocenters. The number of thiazole rings is 1. The van der Waals surface area contributed by atoms with Gasteiger partial charge in [0.1, 0.15) is 10.8 Å². The molecule has 2 amide bonds. The minimum Gasteiger partial charge on any atom is -0.494 e. The van der Waals surface area contributed by atoms with Gasteiger partial charge in [-0.25, -0.2) is 4.98 Å². The van der Waals surface area contributed by atoms with Crippen molar-refractivity contribution in [2.45, 2.75) is 38.6 Å². The number of para-hydroxylation sites is 1. The average molecular weight is 424 g/mol. The van der Waals surface area contributed by atoms with Crippen molar-refractivity contribution in [3.05, 3.63) is 53.5 Å². The molecule has 0 bridgehead atoms. The standard InChI is InChI=1S/C23H25N3O3S/c1-2-29-17-11-9-16(10-12-17)24-21(27)13-14-22(28)26-15-5-7-19(26)23-25-18-6-3-4-8-20(18)30-23/h3-4,6,8-12,19H,2,5,7,13-15H2,1H3,(H,24,27)/t19-/m1/s1. The Balaban J connectivity index is 1.33. The van der Waals surface area contributed by atoms with E-state index in [0.29, 0.717) is 12.3 Å². The summed E-state index contributed by atoms with van der Waals surface area (Å²) in [6.45, 7) is 3.25. The Morgan fingerprint density at radius 1 is 1.17 bits per heavy atom. The molecule has 156 valence electrons. The van der Waals surface area contributed by atoms with Crippen molar-refractivity contribution in [1.29, 1.82) is 0 Å². The second-order valence-electron chi connectivity index (χ2n) is 7.27. The van der Waals surface area contributed by atoms with E-state index in [-0.39, 0.29) is 30.7 Å². The molecule has 1 aromatic heterocycles. The molecule has 1 aliphatic rings. The Morgan fingerprint density at radius 2 is 1.97 bits per heavy atom. The first-order chi connectivity index (χ1) is 14.6. The van der Waals surface area contributed by atoms with Crippen molar-refractivity contribution in [2.75, 3.05) is 18.5 Å². The Bertz CT molecular complexity index is 999. The van der Waals surface area contributed by atoms with Crippen LogP contribution in [-0.2, 0) is 9.59 Å². The van der Waals surface area contributed by atoms with E-state index in [1.165, 1.54) is 0 Å². The number of aromatic nitrogens is 1. The molecular formula is C23H25N3O3S. The fourth-order valence-electron chi connectivity index (χ4n) is 3.74. The van der Waals surface area contributed by atoms with Crippen LogP contribution in [0, 0.1) is 0 Å². The molecule has 1 atom stereocenters. The number of amides is 2. The van der Waals surface area contributed by atoms with Gasteiger partial charge in [-0.1, -0.05) is 12.1 Å². The second-order valence-corrected chi connectivity index (χ2v) is 8.33. The summed E-state index contributed by atoms with van der Waals surface area (Å²) in [7, 11) is 0. The first kappa shape index (κ1) is 20.3. The minimum absolute atomic E-state index is 0.0126. The number of nitrogens with one attached hydrogen (secondary N) is 1. The van der Waals surface area contributed by atoms with Crippen LogP contribution >= 0.6 is 11.3 Å². The number of hydrogen-bond donors (Lipinski definition) is 1. The lowest BCUT2D eigenvalue weighted by atomic mass is 10.2. The van der Waals surface area contributed by atoms with E-state index < -0.39 is 0 Å². The number of nitrogens with zero attached hydrogens (tertiary/aromatic N) is 2. The number of benzene rings is 2. The third kappa shape index (κ3) is 4.62. The second kappa shape index (κ2) is 9.26. The Labute approximate surface area is 179 Å². The zero-order valence-electron chi connectivity index (χ0n) is 17.0. The van der Waals surface area contributed by atoms with Crippen molar-refractivity contribution in [3.63, 3.8) is 0 Å². The van der Waals surface area contributed by atoms with E-state index in [9.17, 15) is 9.59 Å². The van der Waals surface area contributed by atoms with Gasteiger partial charge in [-0.2, -0.15) is 0 Å². The van der Waals surface area contributed by atoms with E-state index in [0.717, 1.165) is 40.4 Å². The summed E-state index contributed by atoms with van der Waals surface area (Å²) in [4.78, 5) is 31.7. The molecule has 30 heavy (non-hydrogen) atoms. The van der Waals surface area contributed by atoms with Crippen molar-refractivity contribution in [3.8, 4) is 5.75 Å². The van der Waals surface area contributed by atoms with Crippen molar-refractivity contribution in [1.82, 2.24) is 9.88 Å². The molecule has 1 fully saturated rings. The number of likely N-dealkylation sites (tertiary alicyclic amines) is 1. The van der Waals surface area contributed by atoms with Crippen molar-refractivity contribution >= 4 is 39.1 Å². The predicted molar refractivity (Wildman–Crippen MR) is 119 cm³/mol. The van der Waals surface area contributed by atoms with Crippen LogP contribution in [0.25, 0.3) is 10.2 Å². The molecule has 0 aliphatic carbocycles. The number of hydrogen-bond acceptors (Lipinski definition) is 5. The molecule has 7 heteroatoms. The number of anilines is 1. The van der Waals surface area contributed by atoms with Crippen LogP contribution in [0.4, 0.5) is 5.69 Å². The Hall–Kier alpha value is -2.93. The number of ether oxygens (including phenoxy) is 1. The number of carbonyl (C=O) groups is 2. The van der Waals surface area contributed by atoms with Gasteiger partial charge in [-0.05, 0) is 56.2 Å². The summed E-state index contributed by atoms with van der Waals surface area (Å²) in [6, 6.07) is 15.3. The van der Waals surface area contributed by atoms with E-state index in [1.54, 1.807) is 23.5 Å². The summed E-state index contributed by atoms with van der Waals surface area (Å²) in [5.74, 6) is 0.613. The van der Waals surface area contributed by atoms with Gasteiger partial charge >= 0.3 is 0 Å². The highest BCUT2D eigenvalue weighted by atomic mass is 32.1. The maximum Gasteiger partial charge on any atom is 0.224 e. The third-order valence-electron chi connectivity index (χ3n) is 5.18. The van der Waals surface area contributed by atoms with Crippen LogP contribution < -0.4 is 10.1 Å². The summed E-state index contributed by atoms with van der Waals surface area (Å²) in [5.41, 5.74) is 1.68. The smallest absolute Gasteiger partial charge is 0.224 e. The lowest BCUT2D eigenvalue weighted by molar-refractivity contribution is -0.133. The quantitative estimate of drug-likeness (QED) is 0.594. The lowest BCUT2D eigenvalue weighted by Gasteiger charge is -2.23. The van der Waals surface area contributed by atoms with E-state index in [4.69, 9.17) is 9.72 Å². The summed E-state index contributed by atoms with van der Waals surface area (Å²) in [5, 5.41) is 3.83. The molecular weight excluding hydrogens is 398 g/mol. The van der Waals surface area contributed by atoms with Gasteiger partial charge in [-0.3, -0.25) is 9.59 Å². The van der Waals surface area contributed by atoms with Gasteiger partial charge in [0, 0.05) is 25.1 Å². The van der Waals surface area contributed by atoms with Crippen LogP contribution in [0.1, 0.15) is 43.7 Å². The molecule has 0 radical (unpaired) electrons. The fraction of sp³-hybridized carbons (Fsp3) is 0.348. The SMILES string of the molecule is CCOc1ccc(NC(=O)CCC(=O)N2CCC[C@@H]2c2nc3ccccc3s2)cc1. The summed E-state index contributed by atoms with van der Waals surface area (Å²) < 4.78 is 6.54. The molecule has 1 saturated heterocycles. The van der Waals surface area contributed by atoms with Crippen molar-refractivity contribution in [2.24, 2.45) is 0 Å². The van der Waals surface area contributed by atoms with Gasteiger partial charge in [-0.15, -0.1) is 11.3 Å². The van der Waals surface area contributed by atoms with Crippen LogP contribution in [0.5, 0.6) is 5.75 Å². The van der Waals surface area contributed by atoms with Gasteiger partial charge in [0.25, 0.3) is 0 Å².